The number of carboxylic acid groups (broad SMARTS) is 1. The van der Waals surface area contributed by atoms with Gasteiger partial charge in [0.25, 0.3) is 0 Å². The number of hydrogen-bond acceptors (Lipinski definition) is 5. The molecule has 0 aromatic carbocycles. The second kappa shape index (κ2) is 4.01. The van der Waals surface area contributed by atoms with E-state index < -0.39 is 5.97 Å². The lowest BCUT2D eigenvalue weighted by molar-refractivity contribution is 0.0689. The standard InChI is InChI=1S/C10H8N4O2/c1-6-5-13-9(14-7(6)10(15)16)8-11-3-2-4-12-8/h2-5H,1H3,(H,15,16). The van der Waals surface area contributed by atoms with Gasteiger partial charge >= 0.3 is 5.97 Å². The molecule has 0 unspecified atom stereocenters. The van der Waals surface area contributed by atoms with Crippen LogP contribution in [0.5, 0.6) is 0 Å². The minimum Gasteiger partial charge on any atom is -0.477 e. The lowest BCUT2D eigenvalue weighted by Gasteiger charge is -2.01. The number of aromatic carboxylic acids is 1. The fraction of sp³-hybridized carbons (Fsp3) is 0.100. The van der Waals surface area contributed by atoms with Gasteiger partial charge < -0.3 is 5.11 Å². The van der Waals surface area contributed by atoms with Crippen molar-refractivity contribution in [1.29, 1.82) is 0 Å². The fourth-order valence-corrected chi connectivity index (χ4v) is 1.18. The third kappa shape index (κ3) is 1.85. The van der Waals surface area contributed by atoms with E-state index in [1.807, 2.05) is 0 Å². The minimum atomic E-state index is -1.09. The smallest absolute Gasteiger partial charge is 0.354 e. The average molecular weight is 216 g/mol. The van der Waals surface area contributed by atoms with Crippen molar-refractivity contribution >= 4 is 5.97 Å². The van der Waals surface area contributed by atoms with Crippen LogP contribution in [0, 0.1) is 6.92 Å². The van der Waals surface area contributed by atoms with Gasteiger partial charge in [-0.05, 0) is 13.0 Å². The van der Waals surface area contributed by atoms with E-state index in [0.717, 1.165) is 0 Å². The van der Waals surface area contributed by atoms with Crippen molar-refractivity contribution in [3.05, 3.63) is 35.9 Å². The van der Waals surface area contributed by atoms with Crippen LogP contribution in [0.2, 0.25) is 0 Å². The summed E-state index contributed by atoms with van der Waals surface area (Å²) >= 11 is 0. The Morgan fingerprint density at radius 2 is 1.88 bits per heavy atom. The van der Waals surface area contributed by atoms with E-state index in [1.165, 1.54) is 6.20 Å². The highest BCUT2D eigenvalue weighted by Crippen LogP contribution is 2.10. The van der Waals surface area contributed by atoms with Crippen LogP contribution in [0.4, 0.5) is 0 Å². The fourth-order valence-electron chi connectivity index (χ4n) is 1.18. The molecule has 0 bridgehead atoms. The summed E-state index contributed by atoms with van der Waals surface area (Å²) in [4.78, 5) is 26.7. The van der Waals surface area contributed by atoms with Crippen LogP contribution < -0.4 is 0 Å². The number of rotatable bonds is 2. The van der Waals surface area contributed by atoms with Gasteiger partial charge in [-0.15, -0.1) is 0 Å². The highest BCUT2D eigenvalue weighted by atomic mass is 16.4. The first-order valence-electron chi connectivity index (χ1n) is 4.53. The Balaban J connectivity index is 2.52. The maximum absolute atomic E-state index is 10.9. The topological polar surface area (TPSA) is 88.9 Å². The SMILES string of the molecule is Cc1cnc(-c2ncccn2)nc1C(=O)O. The van der Waals surface area contributed by atoms with Crippen LogP contribution in [0.3, 0.4) is 0 Å². The summed E-state index contributed by atoms with van der Waals surface area (Å²) in [6.07, 6.45) is 4.54. The van der Waals surface area contributed by atoms with Gasteiger partial charge in [0.05, 0.1) is 0 Å². The number of aryl methyl sites for hydroxylation is 1. The van der Waals surface area contributed by atoms with Crippen molar-refractivity contribution in [3.8, 4) is 11.6 Å². The summed E-state index contributed by atoms with van der Waals surface area (Å²) in [5.41, 5.74) is 0.477. The normalized spacial score (nSPS) is 10.1. The minimum absolute atomic E-state index is 0.0301. The number of carboxylic acids is 1. The Morgan fingerprint density at radius 3 is 2.50 bits per heavy atom. The van der Waals surface area contributed by atoms with Crippen molar-refractivity contribution in [2.75, 3.05) is 0 Å². The zero-order chi connectivity index (χ0) is 11.5. The first kappa shape index (κ1) is 10.2. The molecule has 0 aliphatic rings. The molecule has 80 valence electrons. The van der Waals surface area contributed by atoms with Crippen LogP contribution in [0.1, 0.15) is 16.1 Å². The number of carbonyl (C=O) groups is 1. The molecule has 0 saturated heterocycles. The molecule has 0 saturated carbocycles. The van der Waals surface area contributed by atoms with E-state index in [4.69, 9.17) is 5.11 Å². The first-order chi connectivity index (χ1) is 7.68. The maximum atomic E-state index is 10.9. The van der Waals surface area contributed by atoms with E-state index in [-0.39, 0.29) is 11.5 Å². The van der Waals surface area contributed by atoms with Crippen LogP contribution in [-0.2, 0) is 0 Å². The Hall–Kier alpha value is -2.37. The predicted molar refractivity (Wildman–Crippen MR) is 54.8 cm³/mol. The number of aromatic nitrogens is 4. The maximum Gasteiger partial charge on any atom is 0.354 e. The molecule has 2 aromatic heterocycles. The van der Waals surface area contributed by atoms with Crippen LogP contribution in [0.15, 0.2) is 24.7 Å². The van der Waals surface area contributed by atoms with Gasteiger partial charge in [0.15, 0.2) is 17.3 Å². The van der Waals surface area contributed by atoms with Gasteiger partial charge in [0, 0.05) is 24.2 Å². The molecule has 6 nitrogen and oxygen atoms in total. The van der Waals surface area contributed by atoms with Crippen molar-refractivity contribution < 1.29 is 9.90 Å². The average Bonchev–Trinajstić information content (AvgIpc) is 2.30. The van der Waals surface area contributed by atoms with Gasteiger partial charge in [-0.1, -0.05) is 0 Å². The molecule has 2 rings (SSSR count). The Bertz CT molecular complexity index is 528. The Morgan fingerprint density at radius 1 is 1.19 bits per heavy atom. The summed E-state index contributed by atoms with van der Waals surface area (Å²) in [5, 5.41) is 8.91. The van der Waals surface area contributed by atoms with Crippen LogP contribution in [-0.4, -0.2) is 31.0 Å². The van der Waals surface area contributed by atoms with Crippen LogP contribution >= 0.6 is 0 Å². The highest BCUT2D eigenvalue weighted by molar-refractivity contribution is 5.87. The highest BCUT2D eigenvalue weighted by Gasteiger charge is 2.12. The summed E-state index contributed by atoms with van der Waals surface area (Å²) in [6.45, 7) is 1.64. The molecule has 16 heavy (non-hydrogen) atoms. The molecule has 0 radical (unpaired) electrons. The third-order valence-corrected chi connectivity index (χ3v) is 1.94. The summed E-state index contributed by atoms with van der Waals surface area (Å²) < 4.78 is 0. The zero-order valence-corrected chi connectivity index (χ0v) is 8.45. The van der Waals surface area contributed by atoms with E-state index in [0.29, 0.717) is 11.4 Å². The number of hydrogen-bond donors (Lipinski definition) is 1. The number of nitrogens with zero attached hydrogens (tertiary/aromatic N) is 4. The Kier molecular flexibility index (Phi) is 2.55. The zero-order valence-electron chi connectivity index (χ0n) is 8.45. The summed E-state index contributed by atoms with van der Waals surface area (Å²) in [5.74, 6) is -0.564. The second-order valence-electron chi connectivity index (χ2n) is 3.10. The third-order valence-electron chi connectivity index (χ3n) is 1.94. The first-order valence-corrected chi connectivity index (χ1v) is 4.53. The quantitative estimate of drug-likeness (QED) is 0.803. The summed E-state index contributed by atoms with van der Waals surface area (Å²) in [6, 6.07) is 1.66. The van der Waals surface area contributed by atoms with Crippen molar-refractivity contribution in [2.45, 2.75) is 6.92 Å². The lowest BCUT2D eigenvalue weighted by Crippen LogP contribution is -2.06. The van der Waals surface area contributed by atoms with E-state index in [1.54, 1.807) is 25.4 Å². The summed E-state index contributed by atoms with van der Waals surface area (Å²) in [7, 11) is 0. The second-order valence-corrected chi connectivity index (χ2v) is 3.10. The molecule has 2 aromatic rings. The van der Waals surface area contributed by atoms with E-state index in [2.05, 4.69) is 19.9 Å². The molecule has 1 N–H and O–H groups in total. The largest absolute Gasteiger partial charge is 0.477 e. The van der Waals surface area contributed by atoms with Gasteiger partial charge in [-0.25, -0.2) is 24.7 Å². The molecule has 6 heteroatoms. The molecular weight excluding hydrogens is 208 g/mol. The molecular formula is C10H8N4O2. The predicted octanol–water partition coefficient (Wildman–Crippen LogP) is 0.940. The monoisotopic (exact) mass is 216 g/mol. The van der Waals surface area contributed by atoms with Crippen LogP contribution in [0.25, 0.3) is 11.6 Å². The van der Waals surface area contributed by atoms with Crippen molar-refractivity contribution in [3.63, 3.8) is 0 Å². The van der Waals surface area contributed by atoms with E-state index >= 15 is 0 Å². The molecule has 0 atom stereocenters. The molecule has 0 aliphatic carbocycles. The molecule has 2 heterocycles. The van der Waals surface area contributed by atoms with E-state index in [9.17, 15) is 4.79 Å². The lowest BCUT2D eigenvalue weighted by atomic mass is 10.2. The molecule has 0 amide bonds. The Labute approximate surface area is 91.1 Å². The molecule has 0 fully saturated rings. The van der Waals surface area contributed by atoms with Crippen molar-refractivity contribution in [1.82, 2.24) is 19.9 Å². The van der Waals surface area contributed by atoms with Gasteiger partial charge in [0.2, 0.25) is 0 Å². The van der Waals surface area contributed by atoms with Gasteiger partial charge in [-0.3, -0.25) is 0 Å². The van der Waals surface area contributed by atoms with Gasteiger partial charge in [0.1, 0.15) is 0 Å². The van der Waals surface area contributed by atoms with Crippen molar-refractivity contribution in [2.24, 2.45) is 0 Å². The molecule has 0 spiro atoms. The molecule has 0 aliphatic heterocycles. The van der Waals surface area contributed by atoms with Gasteiger partial charge in [-0.2, -0.15) is 0 Å².